The molecular formula is C26H29ClO8. The van der Waals surface area contributed by atoms with Crippen LogP contribution in [-0.4, -0.2) is 23.9 Å². The van der Waals surface area contributed by atoms with Crippen LogP contribution in [0.4, 0.5) is 0 Å². The fourth-order valence-corrected chi connectivity index (χ4v) is 3.14. The molecule has 2 aromatic carbocycles. The molecule has 0 amide bonds. The first-order valence-corrected chi connectivity index (χ1v) is 11.9. The highest BCUT2D eigenvalue weighted by atomic mass is 35.5. The second-order valence-electron chi connectivity index (χ2n) is 7.68. The second kappa shape index (κ2) is 14.1. The molecule has 2 rings (SSSR count). The van der Waals surface area contributed by atoms with Crippen LogP contribution < -0.4 is 14.2 Å². The quantitative estimate of drug-likeness (QED) is 0.263. The molecule has 0 atom stereocenters. The molecule has 0 heterocycles. The summed E-state index contributed by atoms with van der Waals surface area (Å²) in [5.74, 6) is -3.26. The van der Waals surface area contributed by atoms with E-state index in [0.29, 0.717) is 29.8 Å². The summed E-state index contributed by atoms with van der Waals surface area (Å²) in [6.45, 7) is 5.32. The SMILES string of the molecule is CCCC(=O)Oc1cc(C(=O)OCc2cccc(Cl)c2)cc(OC(=O)CCC)c1OC(=O)CCC. The van der Waals surface area contributed by atoms with E-state index in [2.05, 4.69) is 0 Å². The Morgan fingerprint density at radius 2 is 1.26 bits per heavy atom. The summed E-state index contributed by atoms with van der Waals surface area (Å²) in [5.41, 5.74) is 0.612. The van der Waals surface area contributed by atoms with E-state index in [1.807, 2.05) is 0 Å². The van der Waals surface area contributed by atoms with Crippen molar-refractivity contribution in [3.8, 4) is 17.2 Å². The van der Waals surface area contributed by atoms with E-state index in [1.165, 1.54) is 12.1 Å². The van der Waals surface area contributed by atoms with Crippen LogP contribution in [0.15, 0.2) is 36.4 Å². The van der Waals surface area contributed by atoms with Gasteiger partial charge >= 0.3 is 23.9 Å². The standard InChI is InChI=1S/C26H29ClO8/c1-4-8-22(28)33-20-14-18(26(31)32-16-17-11-7-12-19(27)13-17)15-21(34-23(29)9-5-2)25(20)35-24(30)10-6-3/h7,11-15H,4-6,8-10,16H2,1-3H3. The van der Waals surface area contributed by atoms with Crippen LogP contribution in [0.3, 0.4) is 0 Å². The molecule has 0 bridgehead atoms. The van der Waals surface area contributed by atoms with Crippen molar-refractivity contribution >= 4 is 35.5 Å². The van der Waals surface area contributed by atoms with Gasteiger partial charge in [-0.3, -0.25) is 14.4 Å². The van der Waals surface area contributed by atoms with Gasteiger partial charge in [0, 0.05) is 24.3 Å². The number of benzene rings is 2. The van der Waals surface area contributed by atoms with Gasteiger partial charge in [0.25, 0.3) is 0 Å². The molecule has 35 heavy (non-hydrogen) atoms. The lowest BCUT2D eigenvalue weighted by atomic mass is 10.1. The Morgan fingerprint density at radius 1 is 0.743 bits per heavy atom. The molecule has 0 radical (unpaired) electrons. The molecule has 8 nitrogen and oxygen atoms in total. The van der Waals surface area contributed by atoms with Crippen LogP contribution in [0, 0.1) is 0 Å². The average Bonchev–Trinajstić information content (AvgIpc) is 2.80. The van der Waals surface area contributed by atoms with E-state index in [4.69, 9.17) is 30.5 Å². The molecular weight excluding hydrogens is 476 g/mol. The zero-order chi connectivity index (χ0) is 25.8. The van der Waals surface area contributed by atoms with Gasteiger partial charge in [-0.15, -0.1) is 0 Å². The zero-order valence-corrected chi connectivity index (χ0v) is 20.8. The number of carbonyl (C=O) groups excluding carboxylic acids is 4. The summed E-state index contributed by atoms with van der Waals surface area (Å²) in [4.78, 5) is 49.5. The maximum atomic E-state index is 12.8. The van der Waals surface area contributed by atoms with E-state index in [9.17, 15) is 19.2 Å². The normalized spacial score (nSPS) is 10.4. The van der Waals surface area contributed by atoms with E-state index in [-0.39, 0.29) is 48.7 Å². The van der Waals surface area contributed by atoms with Gasteiger partial charge < -0.3 is 18.9 Å². The van der Waals surface area contributed by atoms with E-state index in [0.717, 1.165) is 0 Å². The van der Waals surface area contributed by atoms with Crippen LogP contribution >= 0.6 is 11.6 Å². The van der Waals surface area contributed by atoms with Gasteiger partial charge in [-0.2, -0.15) is 0 Å². The Kier molecular flexibility index (Phi) is 11.2. The predicted octanol–water partition coefficient (Wildman–Crippen LogP) is 5.81. The summed E-state index contributed by atoms with van der Waals surface area (Å²) in [6.07, 6.45) is 1.83. The molecule has 0 spiro atoms. The molecule has 0 aliphatic heterocycles. The van der Waals surface area contributed by atoms with Gasteiger partial charge in [0.15, 0.2) is 11.5 Å². The Labute approximate surface area is 209 Å². The van der Waals surface area contributed by atoms with Crippen LogP contribution in [-0.2, 0) is 25.7 Å². The van der Waals surface area contributed by atoms with E-state index < -0.39 is 23.9 Å². The maximum Gasteiger partial charge on any atom is 0.338 e. The number of rotatable bonds is 12. The van der Waals surface area contributed by atoms with Crippen LogP contribution in [0.1, 0.15) is 75.2 Å². The van der Waals surface area contributed by atoms with Gasteiger partial charge in [-0.05, 0) is 49.1 Å². The van der Waals surface area contributed by atoms with Gasteiger partial charge in [0.1, 0.15) is 6.61 Å². The van der Waals surface area contributed by atoms with Crippen molar-refractivity contribution in [2.45, 2.75) is 65.9 Å². The lowest BCUT2D eigenvalue weighted by Crippen LogP contribution is -2.16. The maximum absolute atomic E-state index is 12.8. The minimum atomic E-state index is -0.767. The van der Waals surface area contributed by atoms with Gasteiger partial charge in [-0.25, -0.2) is 4.79 Å². The average molecular weight is 505 g/mol. The molecule has 0 saturated heterocycles. The highest BCUT2D eigenvalue weighted by molar-refractivity contribution is 6.30. The number of esters is 4. The first kappa shape index (κ1) is 27.9. The number of ether oxygens (including phenoxy) is 4. The Hall–Kier alpha value is -3.39. The van der Waals surface area contributed by atoms with Crippen LogP contribution in [0.5, 0.6) is 17.2 Å². The lowest BCUT2D eigenvalue weighted by Gasteiger charge is -2.16. The molecule has 9 heteroatoms. The molecule has 0 aliphatic carbocycles. The summed E-state index contributed by atoms with van der Waals surface area (Å²) in [6, 6.07) is 9.26. The highest BCUT2D eigenvalue weighted by Gasteiger charge is 2.25. The summed E-state index contributed by atoms with van der Waals surface area (Å²) < 4.78 is 21.5. The first-order chi connectivity index (χ1) is 16.8. The van der Waals surface area contributed by atoms with Crippen LogP contribution in [0.25, 0.3) is 0 Å². The highest BCUT2D eigenvalue weighted by Crippen LogP contribution is 2.40. The third-order valence-electron chi connectivity index (χ3n) is 4.54. The molecule has 0 N–H and O–H groups in total. The largest absolute Gasteiger partial charge is 0.457 e. The Balaban J connectivity index is 2.45. The third kappa shape index (κ3) is 9.05. The molecule has 0 fully saturated rings. The minimum Gasteiger partial charge on any atom is -0.457 e. The number of halogens is 1. The fraction of sp³-hybridized carbons (Fsp3) is 0.385. The van der Waals surface area contributed by atoms with E-state index >= 15 is 0 Å². The van der Waals surface area contributed by atoms with Crippen molar-refractivity contribution < 1.29 is 38.1 Å². The predicted molar refractivity (Wildman–Crippen MR) is 129 cm³/mol. The molecule has 188 valence electrons. The van der Waals surface area contributed by atoms with Crippen molar-refractivity contribution in [1.82, 2.24) is 0 Å². The third-order valence-corrected chi connectivity index (χ3v) is 4.78. The molecule has 0 aromatic heterocycles. The van der Waals surface area contributed by atoms with Crippen LogP contribution in [0.2, 0.25) is 5.02 Å². The van der Waals surface area contributed by atoms with Crippen molar-refractivity contribution in [2.75, 3.05) is 0 Å². The van der Waals surface area contributed by atoms with Crippen molar-refractivity contribution in [2.24, 2.45) is 0 Å². The molecule has 0 aliphatic rings. The number of carbonyl (C=O) groups is 4. The summed E-state index contributed by atoms with van der Waals surface area (Å²) in [7, 11) is 0. The van der Waals surface area contributed by atoms with Gasteiger partial charge in [0.05, 0.1) is 5.56 Å². The molecule has 2 aromatic rings. The lowest BCUT2D eigenvalue weighted by molar-refractivity contribution is -0.138. The van der Waals surface area contributed by atoms with Crippen molar-refractivity contribution in [3.63, 3.8) is 0 Å². The summed E-state index contributed by atoms with van der Waals surface area (Å²) >= 11 is 5.97. The molecule has 0 saturated carbocycles. The monoisotopic (exact) mass is 504 g/mol. The zero-order valence-electron chi connectivity index (χ0n) is 20.1. The van der Waals surface area contributed by atoms with Gasteiger partial charge in [-0.1, -0.05) is 44.5 Å². The van der Waals surface area contributed by atoms with Gasteiger partial charge in [0.2, 0.25) is 5.75 Å². The Morgan fingerprint density at radius 3 is 1.74 bits per heavy atom. The molecule has 0 unspecified atom stereocenters. The second-order valence-corrected chi connectivity index (χ2v) is 8.12. The number of hydrogen-bond acceptors (Lipinski definition) is 8. The summed E-state index contributed by atoms with van der Waals surface area (Å²) in [5, 5.41) is 0.493. The number of hydrogen-bond donors (Lipinski definition) is 0. The smallest absolute Gasteiger partial charge is 0.338 e. The van der Waals surface area contributed by atoms with Crippen molar-refractivity contribution in [1.29, 1.82) is 0 Å². The topological polar surface area (TPSA) is 105 Å². The van der Waals surface area contributed by atoms with E-state index in [1.54, 1.807) is 45.0 Å². The van der Waals surface area contributed by atoms with Crippen molar-refractivity contribution in [3.05, 3.63) is 52.5 Å². The Bertz CT molecular complexity index is 1020. The minimum absolute atomic E-state index is 0.0547. The fourth-order valence-electron chi connectivity index (χ4n) is 2.93. The first-order valence-electron chi connectivity index (χ1n) is 11.5.